The molecule has 116 valence electrons. The van der Waals surface area contributed by atoms with Crippen LogP contribution in [-0.4, -0.2) is 36.8 Å². The summed E-state index contributed by atoms with van der Waals surface area (Å²) in [5, 5.41) is 15.6. The van der Waals surface area contributed by atoms with Gasteiger partial charge >= 0.3 is 0 Å². The van der Waals surface area contributed by atoms with Crippen molar-refractivity contribution >= 4 is 11.6 Å². The smallest absolute Gasteiger partial charge is 0.238 e. The van der Waals surface area contributed by atoms with Gasteiger partial charge in [0, 0.05) is 5.54 Å². The molecular formula is C16H24N2O3. The molecular weight excluding hydrogens is 268 g/mol. The van der Waals surface area contributed by atoms with Crippen molar-refractivity contribution in [3.63, 3.8) is 0 Å². The van der Waals surface area contributed by atoms with Gasteiger partial charge in [0.05, 0.1) is 25.9 Å². The van der Waals surface area contributed by atoms with E-state index >= 15 is 0 Å². The van der Waals surface area contributed by atoms with Crippen LogP contribution in [0.15, 0.2) is 18.2 Å². The number of rotatable bonds is 6. The molecule has 0 unspecified atom stereocenters. The van der Waals surface area contributed by atoms with Crippen LogP contribution in [0.5, 0.6) is 5.75 Å². The Bertz CT molecular complexity index is 496. The number of anilines is 1. The number of aryl methyl sites for hydroxylation is 1. The SMILES string of the molecule is COc1ccc(C)cc1NC(=O)CNC1(CO)CCCC1. The van der Waals surface area contributed by atoms with Crippen LogP contribution in [0.25, 0.3) is 0 Å². The van der Waals surface area contributed by atoms with Crippen molar-refractivity contribution in [3.8, 4) is 5.75 Å². The van der Waals surface area contributed by atoms with Crippen molar-refractivity contribution in [3.05, 3.63) is 23.8 Å². The average molecular weight is 292 g/mol. The molecule has 0 radical (unpaired) electrons. The molecule has 1 aromatic rings. The fraction of sp³-hybridized carbons (Fsp3) is 0.562. The molecule has 1 aromatic carbocycles. The molecule has 0 aromatic heterocycles. The highest BCUT2D eigenvalue weighted by atomic mass is 16.5. The van der Waals surface area contributed by atoms with Crippen LogP contribution in [0, 0.1) is 6.92 Å². The van der Waals surface area contributed by atoms with Crippen LogP contribution in [-0.2, 0) is 4.79 Å². The lowest BCUT2D eigenvalue weighted by Crippen LogP contribution is -2.49. The van der Waals surface area contributed by atoms with E-state index in [1.165, 1.54) is 0 Å². The zero-order valence-corrected chi connectivity index (χ0v) is 12.7. The van der Waals surface area contributed by atoms with Gasteiger partial charge in [0.2, 0.25) is 5.91 Å². The minimum absolute atomic E-state index is 0.0774. The van der Waals surface area contributed by atoms with E-state index in [0.717, 1.165) is 31.2 Å². The molecule has 1 aliphatic rings. The van der Waals surface area contributed by atoms with E-state index < -0.39 is 0 Å². The highest BCUT2D eigenvalue weighted by Crippen LogP contribution is 2.29. The maximum Gasteiger partial charge on any atom is 0.238 e. The van der Waals surface area contributed by atoms with Gasteiger partial charge in [0.1, 0.15) is 5.75 Å². The van der Waals surface area contributed by atoms with E-state index in [2.05, 4.69) is 10.6 Å². The number of hydrogen-bond donors (Lipinski definition) is 3. The van der Waals surface area contributed by atoms with Gasteiger partial charge in [-0.3, -0.25) is 4.79 Å². The second-order valence-electron chi connectivity index (χ2n) is 5.75. The number of ether oxygens (including phenoxy) is 1. The van der Waals surface area contributed by atoms with Crippen LogP contribution in [0.1, 0.15) is 31.2 Å². The Morgan fingerprint density at radius 2 is 2.10 bits per heavy atom. The molecule has 0 spiro atoms. The molecule has 0 atom stereocenters. The summed E-state index contributed by atoms with van der Waals surface area (Å²) in [6.07, 6.45) is 4.04. The van der Waals surface area contributed by atoms with Gasteiger partial charge in [0.25, 0.3) is 0 Å². The molecule has 1 fully saturated rings. The first kappa shape index (κ1) is 15.8. The number of benzene rings is 1. The summed E-state index contributed by atoms with van der Waals surface area (Å²) in [5.74, 6) is 0.519. The third-order valence-electron chi connectivity index (χ3n) is 4.12. The minimum atomic E-state index is -0.284. The first-order valence-corrected chi connectivity index (χ1v) is 7.39. The zero-order valence-electron chi connectivity index (χ0n) is 12.7. The number of carbonyl (C=O) groups is 1. The normalized spacial score (nSPS) is 16.7. The lowest BCUT2D eigenvalue weighted by atomic mass is 9.99. The van der Waals surface area contributed by atoms with Crippen molar-refractivity contribution < 1.29 is 14.6 Å². The first-order chi connectivity index (χ1) is 10.1. The van der Waals surface area contributed by atoms with Gasteiger partial charge < -0.3 is 20.5 Å². The number of aliphatic hydroxyl groups excluding tert-OH is 1. The zero-order chi connectivity index (χ0) is 15.3. The lowest BCUT2D eigenvalue weighted by molar-refractivity contribution is -0.115. The van der Waals surface area contributed by atoms with Crippen molar-refractivity contribution in [1.29, 1.82) is 0 Å². The second-order valence-corrected chi connectivity index (χ2v) is 5.75. The van der Waals surface area contributed by atoms with Crippen LogP contribution >= 0.6 is 0 Å². The molecule has 0 saturated heterocycles. The van der Waals surface area contributed by atoms with Gasteiger partial charge in [-0.05, 0) is 37.5 Å². The molecule has 1 amide bonds. The number of amides is 1. The summed E-state index contributed by atoms with van der Waals surface area (Å²) in [5.41, 5.74) is 1.45. The third kappa shape index (κ3) is 3.95. The minimum Gasteiger partial charge on any atom is -0.495 e. The van der Waals surface area contributed by atoms with Crippen molar-refractivity contribution in [2.24, 2.45) is 0 Å². The summed E-state index contributed by atoms with van der Waals surface area (Å²) < 4.78 is 5.25. The fourth-order valence-electron chi connectivity index (χ4n) is 2.82. The lowest BCUT2D eigenvalue weighted by Gasteiger charge is -2.27. The maximum atomic E-state index is 12.1. The molecule has 3 N–H and O–H groups in total. The predicted molar refractivity (Wildman–Crippen MR) is 82.6 cm³/mol. The number of nitrogens with one attached hydrogen (secondary N) is 2. The van der Waals surface area contributed by atoms with Crippen LogP contribution in [0.3, 0.4) is 0 Å². The molecule has 5 nitrogen and oxygen atoms in total. The molecule has 0 heterocycles. The van der Waals surface area contributed by atoms with E-state index in [1.54, 1.807) is 7.11 Å². The van der Waals surface area contributed by atoms with Crippen molar-refractivity contribution in [2.45, 2.75) is 38.1 Å². The highest BCUT2D eigenvalue weighted by molar-refractivity contribution is 5.93. The van der Waals surface area contributed by atoms with Gasteiger partial charge in [-0.1, -0.05) is 18.9 Å². The van der Waals surface area contributed by atoms with Gasteiger partial charge in [-0.2, -0.15) is 0 Å². The molecule has 2 rings (SSSR count). The molecule has 1 aliphatic carbocycles. The van der Waals surface area contributed by atoms with Crippen LogP contribution in [0.2, 0.25) is 0 Å². The topological polar surface area (TPSA) is 70.6 Å². The molecule has 1 saturated carbocycles. The maximum absolute atomic E-state index is 12.1. The summed E-state index contributed by atoms with van der Waals surface area (Å²) in [6, 6.07) is 5.66. The van der Waals surface area contributed by atoms with E-state index in [4.69, 9.17) is 4.74 Å². The largest absolute Gasteiger partial charge is 0.495 e. The van der Waals surface area contributed by atoms with Gasteiger partial charge in [0.15, 0.2) is 0 Å². The van der Waals surface area contributed by atoms with Crippen LogP contribution < -0.4 is 15.4 Å². The monoisotopic (exact) mass is 292 g/mol. The summed E-state index contributed by atoms with van der Waals surface area (Å²) in [7, 11) is 1.58. The molecule has 21 heavy (non-hydrogen) atoms. The first-order valence-electron chi connectivity index (χ1n) is 7.39. The quantitative estimate of drug-likeness (QED) is 0.748. The Balaban J connectivity index is 1.94. The molecule has 0 aliphatic heterocycles. The number of methoxy groups -OCH3 is 1. The molecule has 0 bridgehead atoms. The van der Waals surface area contributed by atoms with Gasteiger partial charge in [-0.15, -0.1) is 0 Å². The number of carbonyl (C=O) groups excluding carboxylic acids is 1. The third-order valence-corrected chi connectivity index (χ3v) is 4.12. The Morgan fingerprint density at radius 3 is 2.71 bits per heavy atom. The van der Waals surface area contributed by atoms with E-state index in [0.29, 0.717) is 11.4 Å². The Labute approximate surface area is 125 Å². The van der Waals surface area contributed by atoms with E-state index in [9.17, 15) is 9.90 Å². The fourth-order valence-corrected chi connectivity index (χ4v) is 2.82. The van der Waals surface area contributed by atoms with Gasteiger partial charge in [-0.25, -0.2) is 0 Å². The van der Waals surface area contributed by atoms with E-state index in [-0.39, 0.29) is 24.6 Å². The summed E-state index contributed by atoms with van der Waals surface area (Å²) >= 11 is 0. The van der Waals surface area contributed by atoms with Crippen molar-refractivity contribution in [1.82, 2.24) is 5.32 Å². The second kappa shape index (κ2) is 6.91. The van der Waals surface area contributed by atoms with Crippen molar-refractivity contribution in [2.75, 3.05) is 25.6 Å². The highest BCUT2D eigenvalue weighted by Gasteiger charge is 2.32. The summed E-state index contributed by atoms with van der Waals surface area (Å²) in [6.45, 7) is 2.23. The number of aliphatic hydroxyl groups is 1. The Kier molecular flexibility index (Phi) is 5.20. The average Bonchev–Trinajstić information content (AvgIpc) is 2.95. The predicted octanol–water partition coefficient (Wildman–Crippen LogP) is 1.84. The molecule has 5 heteroatoms. The number of hydrogen-bond acceptors (Lipinski definition) is 4. The standard InChI is InChI=1S/C16H24N2O3/c1-12-5-6-14(21-2)13(9-12)18-15(20)10-17-16(11-19)7-3-4-8-16/h5-6,9,17,19H,3-4,7-8,10-11H2,1-2H3,(H,18,20). The Morgan fingerprint density at radius 1 is 1.38 bits per heavy atom. The van der Waals surface area contributed by atoms with E-state index in [1.807, 2.05) is 25.1 Å². The van der Waals surface area contributed by atoms with Crippen LogP contribution in [0.4, 0.5) is 5.69 Å². The Hall–Kier alpha value is -1.59. The summed E-state index contributed by atoms with van der Waals surface area (Å²) in [4.78, 5) is 12.1.